The van der Waals surface area contributed by atoms with Crippen molar-refractivity contribution in [3.05, 3.63) is 53.6 Å². The molecule has 2 amide bonds. The van der Waals surface area contributed by atoms with Gasteiger partial charge in [0.05, 0.1) is 30.7 Å². The molecule has 8 heteroatoms. The summed E-state index contributed by atoms with van der Waals surface area (Å²) < 4.78 is 5.41. The van der Waals surface area contributed by atoms with E-state index in [0.29, 0.717) is 24.5 Å². The molecular formula is C21H23N5O3. The zero-order valence-corrected chi connectivity index (χ0v) is 16.3. The molecule has 0 bridgehead atoms. The third-order valence-electron chi connectivity index (χ3n) is 5.02. The molecule has 0 unspecified atom stereocenters. The van der Waals surface area contributed by atoms with Crippen LogP contribution in [0, 0.1) is 6.92 Å². The lowest BCUT2D eigenvalue weighted by Crippen LogP contribution is -2.41. The maximum absolute atomic E-state index is 12.6. The minimum atomic E-state index is -0.188. The van der Waals surface area contributed by atoms with E-state index >= 15 is 0 Å². The van der Waals surface area contributed by atoms with Gasteiger partial charge >= 0.3 is 0 Å². The van der Waals surface area contributed by atoms with Crippen molar-refractivity contribution >= 4 is 17.5 Å². The van der Waals surface area contributed by atoms with Crippen LogP contribution in [-0.2, 0) is 14.3 Å². The van der Waals surface area contributed by atoms with Crippen LogP contribution >= 0.6 is 0 Å². The van der Waals surface area contributed by atoms with Gasteiger partial charge in [0.2, 0.25) is 5.91 Å². The van der Waals surface area contributed by atoms with Crippen molar-refractivity contribution in [3.8, 4) is 11.3 Å². The molecule has 0 aliphatic carbocycles. The van der Waals surface area contributed by atoms with Gasteiger partial charge in [0, 0.05) is 24.5 Å². The highest BCUT2D eigenvalue weighted by Crippen LogP contribution is 2.25. The Labute approximate surface area is 169 Å². The highest BCUT2D eigenvalue weighted by molar-refractivity contribution is 5.97. The topological polar surface area (TPSA) is 96.5 Å². The van der Waals surface area contributed by atoms with Crippen molar-refractivity contribution < 1.29 is 14.3 Å². The Morgan fingerprint density at radius 2 is 2.28 bits per heavy atom. The molecule has 0 spiro atoms. The second-order valence-corrected chi connectivity index (χ2v) is 7.16. The van der Waals surface area contributed by atoms with Crippen LogP contribution in [0.15, 0.2) is 48.1 Å². The van der Waals surface area contributed by atoms with E-state index in [1.54, 1.807) is 18.6 Å². The second kappa shape index (κ2) is 8.40. The number of aromatic nitrogens is 2. The molecule has 0 radical (unpaired) electrons. The third-order valence-corrected chi connectivity index (χ3v) is 5.02. The van der Waals surface area contributed by atoms with Gasteiger partial charge in [-0.15, -0.1) is 0 Å². The number of ether oxygens (including phenoxy) is 1. The SMILES string of the molecule is Cc1cc(NC(=O)CN2CCCC3=C2C(=O)NCOC3)cnc1-c1cccnc1. The Balaban J connectivity index is 1.46. The summed E-state index contributed by atoms with van der Waals surface area (Å²) >= 11 is 0. The van der Waals surface area contributed by atoms with Gasteiger partial charge in [-0.25, -0.2) is 0 Å². The zero-order chi connectivity index (χ0) is 20.2. The first-order valence-corrected chi connectivity index (χ1v) is 9.61. The van der Waals surface area contributed by atoms with E-state index in [2.05, 4.69) is 20.6 Å². The number of amides is 2. The van der Waals surface area contributed by atoms with Crippen molar-refractivity contribution in [3.63, 3.8) is 0 Å². The monoisotopic (exact) mass is 393 g/mol. The normalized spacial score (nSPS) is 16.7. The summed E-state index contributed by atoms with van der Waals surface area (Å²) in [5.74, 6) is -0.365. The molecular weight excluding hydrogens is 370 g/mol. The molecule has 0 atom stereocenters. The minimum Gasteiger partial charge on any atom is -0.358 e. The van der Waals surface area contributed by atoms with Crippen LogP contribution in [0.2, 0.25) is 0 Å². The highest BCUT2D eigenvalue weighted by Gasteiger charge is 2.28. The molecule has 0 aromatic carbocycles. The maximum Gasteiger partial charge on any atom is 0.269 e. The Bertz CT molecular complexity index is 958. The second-order valence-electron chi connectivity index (χ2n) is 7.16. The predicted octanol–water partition coefficient (Wildman–Crippen LogP) is 1.84. The van der Waals surface area contributed by atoms with Crippen molar-refractivity contribution in [2.45, 2.75) is 19.8 Å². The lowest BCUT2D eigenvalue weighted by Gasteiger charge is -2.31. The molecule has 2 aliphatic rings. The quantitative estimate of drug-likeness (QED) is 0.823. The van der Waals surface area contributed by atoms with E-state index in [4.69, 9.17) is 4.74 Å². The molecule has 29 heavy (non-hydrogen) atoms. The zero-order valence-electron chi connectivity index (χ0n) is 16.3. The van der Waals surface area contributed by atoms with Crippen LogP contribution in [-0.4, -0.2) is 53.1 Å². The van der Waals surface area contributed by atoms with Crippen molar-refractivity contribution in [1.82, 2.24) is 20.2 Å². The molecule has 2 N–H and O–H groups in total. The fourth-order valence-electron chi connectivity index (χ4n) is 3.74. The summed E-state index contributed by atoms with van der Waals surface area (Å²) in [6.45, 7) is 3.33. The Hall–Kier alpha value is -3.26. The van der Waals surface area contributed by atoms with Crippen molar-refractivity contribution in [2.75, 3.05) is 31.7 Å². The van der Waals surface area contributed by atoms with Crippen molar-refractivity contribution in [1.29, 1.82) is 0 Å². The average molecular weight is 393 g/mol. The molecule has 0 fully saturated rings. The standard InChI is InChI=1S/C21H23N5O3/c1-14-8-17(10-23-19(14)15-4-2-6-22-9-15)25-18(27)11-26-7-3-5-16-12-29-13-24-21(28)20(16)26/h2,4,6,8-10H,3,5,7,11-13H2,1H3,(H,24,28)(H,25,27). The van der Waals surface area contributed by atoms with Gasteiger partial charge in [-0.3, -0.25) is 19.6 Å². The summed E-state index contributed by atoms with van der Waals surface area (Å²) in [5, 5.41) is 5.61. The Kier molecular flexibility index (Phi) is 5.53. The van der Waals surface area contributed by atoms with Gasteiger partial charge in [-0.1, -0.05) is 0 Å². The fraction of sp³-hybridized carbons (Fsp3) is 0.333. The molecule has 4 rings (SSSR count). The molecule has 0 saturated heterocycles. The van der Waals surface area contributed by atoms with Gasteiger partial charge in [0.25, 0.3) is 5.91 Å². The van der Waals surface area contributed by atoms with Gasteiger partial charge in [0.1, 0.15) is 12.4 Å². The number of carbonyl (C=O) groups excluding carboxylic acids is 2. The number of anilines is 1. The van der Waals surface area contributed by atoms with Crippen LogP contribution in [0.3, 0.4) is 0 Å². The molecule has 8 nitrogen and oxygen atoms in total. The molecule has 2 aromatic heterocycles. The fourth-order valence-corrected chi connectivity index (χ4v) is 3.74. The van der Waals surface area contributed by atoms with E-state index in [-0.39, 0.29) is 25.1 Å². The summed E-state index contributed by atoms with van der Waals surface area (Å²) in [5.41, 5.74) is 4.86. The predicted molar refractivity (Wildman–Crippen MR) is 108 cm³/mol. The first-order valence-electron chi connectivity index (χ1n) is 9.61. The first kappa shape index (κ1) is 19.1. The van der Waals surface area contributed by atoms with Crippen molar-refractivity contribution in [2.24, 2.45) is 0 Å². The van der Waals surface area contributed by atoms with Gasteiger partial charge < -0.3 is 20.3 Å². The van der Waals surface area contributed by atoms with Gasteiger partial charge in [-0.2, -0.15) is 0 Å². The van der Waals surface area contributed by atoms with E-state index in [1.807, 2.05) is 30.0 Å². The summed E-state index contributed by atoms with van der Waals surface area (Å²) in [6.07, 6.45) is 6.83. The number of hydrogen-bond donors (Lipinski definition) is 2. The number of nitrogens with zero attached hydrogens (tertiary/aromatic N) is 3. The number of nitrogens with one attached hydrogen (secondary N) is 2. The molecule has 2 aliphatic heterocycles. The molecule has 150 valence electrons. The number of carbonyl (C=O) groups is 2. The molecule has 0 saturated carbocycles. The third kappa shape index (κ3) is 4.27. The van der Waals surface area contributed by atoms with E-state index in [1.165, 1.54) is 0 Å². The molecule has 2 aromatic rings. The number of hydrogen-bond acceptors (Lipinski definition) is 6. The van der Waals surface area contributed by atoms with Crippen LogP contribution in [0.4, 0.5) is 5.69 Å². The average Bonchev–Trinajstić information content (AvgIpc) is 2.91. The smallest absolute Gasteiger partial charge is 0.269 e. The number of rotatable bonds is 4. The van der Waals surface area contributed by atoms with Gasteiger partial charge in [0.15, 0.2) is 0 Å². The lowest BCUT2D eigenvalue weighted by atomic mass is 10.0. The van der Waals surface area contributed by atoms with E-state index in [9.17, 15) is 9.59 Å². The first-order chi connectivity index (χ1) is 14.1. The van der Waals surface area contributed by atoms with E-state index < -0.39 is 0 Å². The lowest BCUT2D eigenvalue weighted by molar-refractivity contribution is -0.121. The Morgan fingerprint density at radius 1 is 1.38 bits per heavy atom. The van der Waals surface area contributed by atoms with E-state index in [0.717, 1.165) is 35.2 Å². The number of aryl methyl sites for hydroxylation is 1. The minimum absolute atomic E-state index is 0.107. The molecule has 4 heterocycles. The summed E-state index contributed by atoms with van der Waals surface area (Å²) in [7, 11) is 0. The van der Waals surface area contributed by atoms with Crippen LogP contribution in [0.5, 0.6) is 0 Å². The number of pyridine rings is 2. The summed E-state index contributed by atoms with van der Waals surface area (Å²) in [6, 6.07) is 5.70. The highest BCUT2D eigenvalue weighted by atomic mass is 16.5. The van der Waals surface area contributed by atoms with Crippen LogP contribution in [0.1, 0.15) is 18.4 Å². The summed E-state index contributed by atoms with van der Waals surface area (Å²) in [4.78, 5) is 35.5. The van der Waals surface area contributed by atoms with Gasteiger partial charge in [-0.05, 0) is 49.1 Å². The maximum atomic E-state index is 12.6. The Morgan fingerprint density at radius 3 is 3.07 bits per heavy atom. The van der Waals surface area contributed by atoms with Crippen LogP contribution in [0.25, 0.3) is 11.3 Å². The largest absolute Gasteiger partial charge is 0.358 e. The van der Waals surface area contributed by atoms with Crippen LogP contribution < -0.4 is 10.6 Å².